The van der Waals surface area contributed by atoms with Crippen LogP contribution in [0.2, 0.25) is 0 Å². The van der Waals surface area contributed by atoms with Gasteiger partial charge < -0.3 is 25.1 Å². The minimum absolute atomic E-state index is 0.325. The summed E-state index contributed by atoms with van der Waals surface area (Å²) in [5, 5.41) is 10.5. The summed E-state index contributed by atoms with van der Waals surface area (Å²) >= 11 is 0. The van der Waals surface area contributed by atoms with E-state index in [9.17, 15) is 9.90 Å². The topological polar surface area (TPSA) is 91.0 Å². The Morgan fingerprint density at radius 3 is 1.93 bits per heavy atom. The molecule has 0 aliphatic heterocycles. The molecule has 3 aromatic rings. The Labute approximate surface area is 175 Å². The van der Waals surface area contributed by atoms with Gasteiger partial charge in [0.25, 0.3) is 0 Å². The average molecular weight is 407 g/mol. The lowest BCUT2D eigenvalue weighted by Gasteiger charge is -2.19. The van der Waals surface area contributed by atoms with Crippen molar-refractivity contribution in [1.82, 2.24) is 0 Å². The summed E-state index contributed by atoms with van der Waals surface area (Å²) in [5.41, 5.74) is 8.23. The number of carbonyl (C=O) groups is 1. The van der Waals surface area contributed by atoms with E-state index in [0.29, 0.717) is 30.3 Å². The van der Waals surface area contributed by atoms with E-state index in [1.807, 2.05) is 60.7 Å². The van der Waals surface area contributed by atoms with Gasteiger partial charge in [-0.3, -0.25) is 4.79 Å². The molecule has 0 fully saturated rings. The molecule has 3 N–H and O–H groups in total. The molecule has 6 nitrogen and oxygen atoms in total. The van der Waals surface area contributed by atoms with Gasteiger partial charge in [0.2, 0.25) is 0 Å². The Bertz CT molecular complexity index is 946. The van der Waals surface area contributed by atoms with Crippen molar-refractivity contribution in [2.75, 3.05) is 7.11 Å². The number of nitrogens with two attached hydrogens (primary N) is 1. The molecule has 0 saturated heterocycles. The van der Waals surface area contributed by atoms with Gasteiger partial charge in [-0.15, -0.1) is 0 Å². The molecule has 0 aliphatic carbocycles. The van der Waals surface area contributed by atoms with E-state index in [4.69, 9.17) is 15.2 Å². The van der Waals surface area contributed by atoms with E-state index in [-0.39, 0.29) is 0 Å². The number of methoxy groups -OCH3 is 1. The first-order valence-electron chi connectivity index (χ1n) is 9.57. The Morgan fingerprint density at radius 1 is 0.867 bits per heavy atom. The number of esters is 1. The maximum Gasteiger partial charge on any atom is 0.325 e. The van der Waals surface area contributed by atoms with Crippen LogP contribution in [0.4, 0.5) is 0 Å². The van der Waals surface area contributed by atoms with Gasteiger partial charge >= 0.3 is 5.97 Å². The highest BCUT2D eigenvalue weighted by Crippen LogP contribution is 2.32. The lowest BCUT2D eigenvalue weighted by Crippen LogP contribution is -2.37. The lowest BCUT2D eigenvalue weighted by atomic mass is 10.0. The van der Waals surface area contributed by atoms with Gasteiger partial charge in [-0.05, 0) is 28.8 Å². The van der Waals surface area contributed by atoms with Crippen LogP contribution < -0.4 is 15.2 Å². The summed E-state index contributed by atoms with van der Waals surface area (Å²) in [7, 11) is 1.23. The second-order valence-corrected chi connectivity index (χ2v) is 6.75. The molecule has 0 heterocycles. The van der Waals surface area contributed by atoms with Crippen LogP contribution in [0.5, 0.6) is 11.5 Å². The van der Waals surface area contributed by atoms with Gasteiger partial charge in [-0.2, -0.15) is 0 Å². The maximum absolute atomic E-state index is 11.7. The summed E-state index contributed by atoms with van der Waals surface area (Å²) in [4.78, 5) is 11.7. The van der Waals surface area contributed by atoms with Gasteiger partial charge in [0.1, 0.15) is 25.4 Å². The Morgan fingerprint density at radius 2 is 1.40 bits per heavy atom. The molecule has 3 rings (SSSR count). The standard InChI is InChI=1S/C24H25NO5/c1-28-24(27)22(25)23(26)19-12-13-20(29-15-17-8-4-2-5-9-17)21(14-19)30-16-18-10-6-3-7-11-18/h2-14,22-23,26H,15-16,25H2,1H3. The number of ether oxygens (including phenoxy) is 3. The van der Waals surface area contributed by atoms with E-state index in [0.717, 1.165) is 11.1 Å². The summed E-state index contributed by atoms with van der Waals surface area (Å²) in [6.07, 6.45) is -1.24. The van der Waals surface area contributed by atoms with E-state index in [1.165, 1.54) is 7.11 Å². The second-order valence-electron chi connectivity index (χ2n) is 6.75. The SMILES string of the molecule is COC(=O)C(N)C(O)c1ccc(OCc2ccccc2)c(OCc2ccccc2)c1. The molecule has 3 aromatic carbocycles. The molecule has 0 aromatic heterocycles. The first-order chi connectivity index (χ1) is 14.6. The highest BCUT2D eigenvalue weighted by Gasteiger charge is 2.26. The van der Waals surface area contributed by atoms with E-state index in [2.05, 4.69) is 4.74 Å². The minimum Gasteiger partial charge on any atom is -0.485 e. The van der Waals surface area contributed by atoms with Crippen LogP contribution in [0.15, 0.2) is 78.9 Å². The van der Waals surface area contributed by atoms with Crippen molar-refractivity contribution in [3.05, 3.63) is 95.6 Å². The largest absolute Gasteiger partial charge is 0.485 e. The predicted octanol–water partition coefficient (Wildman–Crippen LogP) is 3.38. The van der Waals surface area contributed by atoms with Crippen LogP contribution in [-0.4, -0.2) is 24.2 Å². The van der Waals surface area contributed by atoms with Crippen molar-refractivity contribution in [2.24, 2.45) is 5.73 Å². The van der Waals surface area contributed by atoms with Crippen molar-refractivity contribution in [2.45, 2.75) is 25.4 Å². The van der Waals surface area contributed by atoms with Crippen molar-refractivity contribution < 1.29 is 24.1 Å². The Kier molecular flexibility index (Phi) is 7.43. The molecule has 0 bridgehead atoms. The first-order valence-corrected chi connectivity index (χ1v) is 9.57. The number of hydrogen-bond donors (Lipinski definition) is 2. The molecule has 30 heavy (non-hydrogen) atoms. The van der Waals surface area contributed by atoms with Crippen LogP contribution in [-0.2, 0) is 22.7 Å². The zero-order valence-electron chi connectivity index (χ0n) is 16.7. The fourth-order valence-corrected chi connectivity index (χ4v) is 2.88. The molecule has 2 atom stereocenters. The summed E-state index contributed by atoms with van der Waals surface area (Å²) in [5.74, 6) is 0.277. The lowest BCUT2D eigenvalue weighted by molar-refractivity contribution is -0.145. The molecule has 0 aliphatic rings. The number of hydrogen-bond acceptors (Lipinski definition) is 6. The van der Waals surface area contributed by atoms with Crippen molar-refractivity contribution in [3.8, 4) is 11.5 Å². The van der Waals surface area contributed by atoms with E-state index < -0.39 is 18.1 Å². The summed E-state index contributed by atoms with van der Waals surface area (Å²) < 4.78 is 16.5. The number of benzene rings is 3. The maximum atomic E-state index is 11.7. The first kappa shape index (κ1) is 21.4. The molecule has 0 saturated carbocycles. The molecular formula is C24H25NO5. The number of rotatable bonds is 9. The van der Waals surface area contributed by atoms with Crippen molar-refractivity contribution >= 4 is 5.97 Å². The average Bonchev–Trinajstić information content (AvgIpc) is 2.81. The third-order valence-electron chi connectivity index (χ3n) is 4.60. The molecule has 0 radical (unpaired) electrons. The van der Waals surface area contributed by atoms with Gasteiger partial charge in [0.15, 0.2) is 11.5 Å². The predicted molar refractivity (Wildman–Crippen MR) is 113 cm³/mol. The Balaban J connectivity index is 1.81. The smallest absolute Gasteiger partial charge is 0.325 e. The van der Waals surface area contributed by atoms with Gasteiger partial charge in [0, 0.05) is 0 Å². The quantitative estimate of drug-likeness (QED) is 0.529. The molecule has 6 heteroatoms. The van der Waals surface area contributed by atoms with Crippen LogP contribution in [0.3, 0.4) is 0 Å². The minimum atomic E-state index is -1.24. The molecule has 156 valence electrons. The highest BCUT2D eigenvalue weighted by molar-refractivity contribution is 5.76. The third kappa shape index (κ3) is 5.59. The second kappa shape index (κ2) is 10.4. The number of aliphatic hydroxyl groups is 1. The van der Waals surface area contributed by atoms with Crippen LogP contribution in [0.25, 0.3) is 0 Å². The highest BCUT2D eigenvalue weighted by atomic mass is 16.5. The monoisotopic (exact) mass is 407 g/mol. The zero-order valence-corrected chi connectivity index (χ0v) is 16.7. The summed E-state index contributed by atoms with van der Waals surface area (Å²) in [6, 6.07) is 23.3. The van der Waals surface area contributed by atoms with Crippen molar-refractivity contribution in [1.29, 1.82) is 0 Å². The van der Waals surface area contributed by atoms with Gasteiger partial charge in [-0.1, -0.05) is 66.7 Å². The zero-order chi connectivity index (χ0) is 21.3. The summed E-state index contributed by atoms with van der Waals surface area (Å²) in [6.45, 7) is 0.692. The normalized spacial score (nSPS) is 12.6. The Hall–Kier alpha value is -3.35. The van der Waals surface area contributed by atoms with Gasteiger partial charge in [-0.25, -0.2) is 0 Å². The van der Waals surface area contributed by atoms with Crippen LogP contribution in [0.1, 0.15) is 22.8 Å². The molecular weight excluding hydrogens is 382 g/mol. The molecule has 0 spiro atoms. The molecule has 2 unspecified atom stereocenters. The van der Waals surface area contributed by atoms with E-state index in [1.54, 1.807) is 18.2 Å². The molecule has 0 amide bonds. The van der Waals surface area contributed by atoms with Crippen LogP contribution in [0, 0.1) is 0 Å². The van der Waals surface area contributed by atoms with Gasteiger partial charge in [0.05, 0.1) is 7.11 Å². The number of aliphatic hydroxyl groups excluding tert-OH is 1. The van der Waals surface area contributed by atoms with E-state index >= 15 is 0 Å². The number of carbonyl (C=O) groups excluding carboxylic acids is 1. The third-order valence-corrected chi connectivity index (χ3v) is 4.60. The fourth-order valence-electron chi connectivity index (χ4n) is 2.88. The van der Waals surface area contributed by atoms with Crippen LogP contribution >= 0.6 is 0 Å². The fraction of sp³-hybridized carbons (Fsp3) is 0.208. The van der Waals surface area contributed by atoms with Crippen molar-refractivity contribution in [3.63, 3.8) is 0 Å².